The number of hydrogen-bond donors (Lipinski definition) is 0. The summed E-state index contributed by atoms with van der Waals surface area (Å²) in [6.07, 6.45) is 2.32. The highest BCUT2D eigenvalue weighted by Gasteiger charge is 2.33. The molecule has 20 nitrogen and oxygen atoms in total. The molecule has 12 rings (SSSR count). The number of carbonyl (C=O) groups excluding carboxylic acids is 2. The van der Waals surface area contributed by atoms with Crippen molar-refractivity contribution in [1.82, 2.24) is 37.7 Å². The molecule has 25 heteroatoms. The van der Waals surface area contributed by atoms with Crippen LogP contribution in [-0.2, 0) is 39.0 Å². The van der Waals surface area contributed by atoms with Gasteiger partial charge in [-0.1, -0.05) is 36.4 Å². The molecule has 0 saturated carbocycles. The third-order valence-corrected chi connectivity index (χ3v) is 18.9. The zero-order chi connectivity index (χ0) is 53.1. The van der Waals surface area contributed by atoms with E-state index in [1.807, 2.05) is 48.9 Å². The Balaban J connectivity index is 0.000000154. The van der Waals surface area contributed by atoms with Gasteiger partial charge in [-0.05, 0) is 85.2 Å². The summed E-state index contributed by atoms with van der Waals surface area (Å²) in [7, 11) is -7.72. The topological polar surface area (TPSA) is 214 Å². The third kappa shape index (κ3) is 11.2. The lowest BCUT2D eigenvalue weighted by molar-refractivity contribution is -0.105. The summed E-state index contributed by atoms with van der Waals surface area (Å²) in [6, 6.07) is 24.2. The Morgan fingerprint density at radius 3 is 1.45 bits per heavy atom. The maximum atomic E-state index is 13.9. The fourth-order valence-electron chi connectivity index (χ4n) is 8.95. The minimum absolute atomic E-state index is 0.144. The van der Waals surface area contributed by atoms with Gasteiger partial charge in [-0.3, -0.25) is 0 Å². The van der Waals surface area contributed by atoms with Crippen LogP contribution >= 0.6 is 38.6 Å². The standard InChI is InChI=1S/C25H25N5O5S2.C22H24N4O5S.C4H4BrNS/c1-17-16-36-24(27-17)22-13-20-21(28-9-11-29(12-10-28)25(31)35-18-14-34-15-18)7-8-26-23(20)30(22)37(32,33)19-5-3-2-4-6-19;1-16-13-19-20(24-9-11-25(12-10-24)22(27)31-17-14-30-15-17)7-8-23-21(19)26(16)32(28,29)18-5-3-2-4-6-18;1-3-2-7-4(5)6-3/h2-8,13,16,18H,9-12,14-15H2,1H3;2-8,13,17H,9-12,14-15H2,1H3;2H,1H3. The molecular weight excluding hydrogens is 1120 g/mol. The fourth-order valence-corrected chi connectivity index (χ4v) is 13.9. The number of aromatic nitrogens is 6. The molecule has 0 spiro atoms. The normalized spacial score (nSPS) is 16.3. The van der Waals surface area contributed by atoms with Crippen molar-refractivity contribution in [1.29, 1.82) is 0 Å². The van der Waals surface area contributed by atoms with Crippen LogP contribution in [0.5, 0.6) is 0 Å². The number of piperazine rings is 2. The van der Waals surface area contributed by atoms with Crippen LogP contribution < -0.4 is 9.80 Å². The van der Waals surface area contributed by atoms with E-state index in [-0.39, 0.29) is 34.2 Å². The van der Waals surface area contributed by atoms with E-state index in [1.54, 1.807) is 101 Å². The van der Waals surface area contributed by atoms with Gasteiger partial charge in [0.2, 0.25) is 0 Å². The summed E-state index contributed by atoms with van der Waals surface area (Å²) in [5, 5.41) is 5.99. The average molecular weight is 1170 g/mol. The second-order valence-electron chi connectivity index (χ2n) is 18.2. The number of benzene rings is 2. The van der Waals surface area contributed by atoms with E-state index in [0.29, 0.717) is 112 Å². The van der Waals surface area contributed by atoms with Gasteiger partial charge in [0.05, 0.1) is 41.9 Å². The van der Waals surface area contributed by atoms with Gasteiger partial charge in [0.25, 0.3) is 20.0 Å². The van der Waals surface area contributed by atoms with Gasteiger partial charge < -0.3 is 38.5 Å². The van der Waals surface area contributed by atoms with Crippen LogP contribution in [0.25, 0.3) is 32.8 Å². The van der Waals surface area contributed by atoms with E-state index < -0.39 is 20.0 Å². The molecule has 0 N–H and O–H groups in total. The Morgan fingerprint density at radius 1 is 0.592 bits per heavy atom. The summed E-state index contributed by atoms with van der Waals surface area (Å²) < 4.78 is 78.8. The molecule has 0 aliphatic carbocycles. The van der Waals surface area contributed by atoms with Crippen LogP contribution in [0.4, 0.5) is 21.0 Å². The van der Waals surface area contributed by atoms with Crippen LogP contribution in [0.15, 0.2) is 122 Å². The van der Waals surface area contributed by atoms with Gasteiger partial charge in [-0.15, -0.1) is 22.7 Å². The Bertz CT molecular complexity index is 3570. The van der Waals surface area contributed by atoms with Gasteiger partial charge in [0.15, 0.2) is 27.4 Å². The molecule has 10 heterocycles. The van der Waals surface area contributed by atoms with Crippen molar-refractivity contribution in [3.8, 4) is 10.7 Å². The SMILES string of the molecule is Cc1cc2c(N3CCN(C(=O)OC4COC4)CC3)ccnc2n1S(=O)(=O)c1ccccc1.Cc1csc(-c2cc3c(N4CCN(C(=O)OC5COC5)CC4)ccnc3n2S(=O)(=O)c2ccccc2)n1.Cc1csc(Br)n1. The number of thiazole rings is 2. The first-order valence-corrected chi connectivity index (χ1v) is 29.7. The smallest absolute Gasteiger partial charge is 0.410 e. The second kappa shape index (κ2) is 22.6. The number of pyridine rings is 2. The summed E-state index contributed by atoms with van der Waals surface area (Å²) in [5.74, 6) is 0. The van der Waals surface area contributed by atoms with Crippen LogP contribution in [0, 0.1) is 20.8 Å². The summed E-state index contributed by atoms with van der Waals surface area (Å²) in [4.78, 5) is 50.4. The van der Waals surface area contributed by atoms with Gasteiger partial charge in [-0.25, -0.2) is 54.3 Å². The number of fused-ring (bicyclic) bond motifs is 2. The molecule has 8 aromatic rings. The number of aryl methyl sites for hydroxylation is 3. The molecule has 6 aromatic heterocycles. The number of nitrogens with zero attached hydrogens (tertiary/aromatic N) is 10. The Morgan fingerprint density at radius 2 is 1.04 bits per heavy atom. The molecule has 0 radical (unpaired) electrons. The van der Waals surface area contributed by atoms with Crippen LogP contribution in [0.3, 0.4) is 0 Å². The van der Waals surface area contributed by atoms with E-state index in [1.165, 1.54) is 19.3 Å². The van der Waals surface area contributed by atoms with Crippen molar-refractivity contribution in [2.75, 3.05) is 88.6 Å². The molecule has 0 bridgehead atoms. The van der Waals surface area contributed by atoms with Crippen molar-refractivity contribution in [2.45, 2.75) is 42.8 Å². The van der Waals surface area contributed by atoms with Gasteiger partial charge in [-0.2, -0.15) is 0 Å². The van der Waals surface area contributed by atoms with Crippen molar-refractivity contribution in [2.24, 2.45) is 0 Å². The quantitative estimate of drug-likeness (QED) is 0.135. The molecule has 4 aliphatic heterocycles. The van der Waals surface area contributed by atoms with Crippen molar-refractivity contribution >= 4 is 104 Å². The maximum absolute atomic E-state index is 13.9. The van der Waals surface area contributed by atoms with Crippen molar-refractivity contribution in [3.63, 3.8) is 0 Å². The summed E-state index contributed by atoms with van der Waals surface area (Å²) >= 11 is 6.24. The summed E-state index contributed by atoms with van der Waals surface area (Å²) in [6.45, 7) is 11.9. The first-order valence-electron chi connectivity index (χ1n) is 24.3. The second-order valence-corrected chi connectivity index (χ2v) is 24.8. The van der Waals surface area contributed by atoms with Crippen molar-refractivity contribution in [3.05, 3.63) is 129 Å². The number of hydrogen-bond acceptors (Lipinski definition) is 18. The van der Waals surface area contributed by atoms with E-state index in [2.05, 4.69) is 45.7 Å². The molecule has 4 fully saturated rings. The van der Waals surface area contributed by atoms with Crippen molar-refractivity contribution < 1.29 is 45.4 Å². The molecule has 398 valence electrons. The lowest BCUT2D eigenvalue weighted by Gasteiger charge is -2.37. The first-order chi connectivity index (χ1) is 36.6. The number of anilines is 2. The molecule has 2 aromatic carbocycles. The zero-order valence-electron chi connectivity index (χ0n) is 41.6. The van der Waals surface area contributed by atoms with E-state index in [0.717, 1.165) is 32.1 Å². The van der Waals surface area contributed by atoms with Crippen LogP contribution in [0.2, 0.25) is 0 Å². The highest BCUT2D eigenvalue weighted by atomic mass is 79.9. The monoisotopic (exact) mass is 1170 g/mol. The van der Waals surface area contributed by atoms with E-state index in [4.69, 9.17) is 18.9 Å². The number of halogens is 1. The maximum Gasteiger partial charge on any atom is 0.410 e. The van der Waals surface area contributed by atoms with Gasteiger partial charge >= 0.3 is 12.2 Å². The molecule has 0 unspecified atom stereocenters. The minimum atomic E-state index is -3.95. The molecule has 0 atom stereocenters. The predicted octanol–water partition coefficient (Wildman–Crippen LogP) is 7.82. The third-order valence-electron chi connectivity index (χ3n) is 12.9. The van der Waals surface area contributed by atoms with Crippen LogP contribution in [0.1, 0.15) is 17.1 Å². The molecular formula is C51H53BrN10O10S4. The number of rotatable bonds is 9. The van der Waals surface area contributed by atoms with Gasteiger partial charge in [0.1, 0.15) is 5.01 Å². The first kappa shape index (κ1) is 52.9. The fraction of sp³-hybridized carbons (Fsp3) is 0.333. The number of ether oxygens (including phenoxy) is 4. The molecule has 76 heavy (non-hydrogen) atoms. The Kier molecular flexibility index (Phi) is 15.8. The van der Waals surface area contributed by atoms with Gasteiger partial charge in [0, 0.05) is 115 Å². The zero-order valence-corrected chi connectivity index (χ0v) is 46.4. The minimum Gasteiger partial charge on any atom is -0.441 e. The largest absolute Gasteiger partial charge is 0.441 e. The number of carbonyl (C=O) groups is 2. The molecule has 2 amide bonds. The Labute approximate surface area is 455 Å². The molecule has 4 aliphatic rings. The average Bonchev–Trinajstić information content (AvgIpc) is 4.25. The highest BCUT2D eigenvalue weighted by Crippen LogP contribution is 2.38. The lowest BCUT2D eigenvalue weighted by Crippen LogP contribution is -2.51. The number of amides is 2. The summed E-state index contributed by atoms with van der Waals surface area (Å²) in [5.41, 5.74) is 5.47. The highest BCUT2D eigenvalue weighted by molar-refractivity contribution is 9.11. The predicted molar refractivity (Wildman–Crippen MR) is 292 cm³/mol. The van der Waals surface area contributed by atoms with Crippen LogP contribution in [-0.4, -0.2) is 158 Å². The molecule has 4 saturated heterocycles. The lowest BCUT2D eigenvalue weighted by atomic mass is 10.2. The van der Waals surface area contributed by atoms with E-state index in [9.17, 15) is 26.4 Å². The Hall–Kier alpha value is -6.48. The van der Waals surface area contributed by atoms with E-state index >= 15 is 0 Å².